The Bertz CT molecular complexity index is 343. The molecule has 1 unspecified atom stereocenters. The molecule has 1 atom stereocenters. The van der Waals surface area contributed by atoms with E-state index in [4.69, 9.17) is 11.6 Å². The molecule has 4 heteroatoms. The van der Waals surface area contributed by atoms with Crippen LogP contribution in [-0.2, 0) is 0 Å². The summed E-state index contributed by atoms with van der Waals surface area (Å²) in [5.74, 6) is 0.532. The van der Waals surface area contributed by atoms with E-state index in [1.54, 1.807) is 20.8 Å². The summed E-state index contributed by atoms with van der Waals surface area (Å²) in [6.07, 6.45) is 0. The van der Waals surface area contributed by atoms with E-state index in [-0.39, 0.29) is 10.9 Å². The van der Waals surface area contributed by atoms with Crippen LogP contribution in [0.25, 0.3) is 0 Å². The van der Waals surface area contributed by atoms with Crippen LogP contribution in [0.3, 0.4) is 0 Å². The van der Waals surface area contributed by atoms with Crippen molar-refractivity contribution in [3.8, 4) is 0 Å². The lowest BCUT2D eigenvalue weighted by Gasteiger charge is -2.04. The molecule has 0 aromatic carbocycles. The van der Waals surface area contributed by atoms with Gasteiger partial charge in [-0.1, -0.05) is 0 Å². The Morgan fingerprint density at radius 3 is 2.50 bits per heavy atom. The van der Waals surface area contributed by atoms with Crippen molar-refractivity contribution < 1.29 is 0 Å². The highest BCUT2D eigenvalue weighted by molar-refractivity contribution is 6.20. The van der Waals surface area contributed by atoms with Gasteiger partial charge in [0.15, 0.2) is 0 Å². The number of H-pyrrole nitrogens is 1. The third-order valence-electron chi connectivity index (χ3n) is 1.79. The maximum Gasteiger partial charge on any atom is 0.254 e. The minimum atomic E-state index is -0.253. The van der Waals surface area contributed by atoms with Gasteiger partial charge >= 0.3 is 0 Å². The first-order chi connectivity index (χ1) is 5.52. The highest BCUT2D eigenvalue weighted by atomic mass is 35.5. The predicted octanol–water partition coefficient (Wildman–Crippen LogP) is 1.69. The van der Waals surface area contributed by atoms with Gasteiger partial charge in [0.1, 0.15) is 5.82 Å². The fraction of sp³-hybridized carbons (Fsp3) is 0.500. The highest BCUT2D eigenvalue weighted by Gasteiger charge is 2.07. The minimum Gasteiger partial charge on any atom is -0.309 e. The summed E-state index contributed by atoms with van der Waals surface area (Å²) in [5.41, 5.74) is 1.28. The summed E-state index contributed by atoms with van der Waals surface area (Å²) < 4.78 is 0. The van der Waals surface area contributed by atoms with Crippen molar-refractivity contribution in [2.75, 3.05) is 0 Å². The number of hydrogen-bond acceptors (Lipinski definition) is 2. The quantitative estimate of drug-likeness (QED) is 0.679. The zero-order valence-electron chi connectivity index (χ0n) is 7.31. The molecule has 12 heavy (non-hydrogen) atoms. The zero-order valence-corrected chi connectivity index (χ0v) is 8.07. The highest BCUT2D eigenvalue weighted by Crippen LogP contribution is 2.13. The van der Waals surface area contributed by atoms with E-state index in [9.17, 15) is 4.79 Å². The summed E-state index contributed by atoms with van der Waals surface area (Å²) in [6.45, 7) is 5.31. The number of rotatable bonds is 1. The standard InChI is InChI=1S/C8H11ClN2O/c1-4-6(3)10-7(5(2)9)11-8(4)12/h5H,1-3H3,(H,10,11,12). The van der Waals surface area contributed by atoms with Gasteiger partial charge in [0.25, 0.3) is 5.56 Å². The van der Waals surface area contributed by atoms with Gasteiger partial charge < -0.3 is 4.98 Å². The third-order valence-corrected chi connectivity index (χ3v) is 2.00. The molecular weight excluding hydrogens is 176 g/mol. The van der Waals surface area contributed by atoms with E-state index in [2.05, 4.69) is 9.97 Å². The molecule has 0 saturated heterocycles. The van der Waals surface area contributed by atoms with Gasteiger partial charge in [-0.05, 0) is 20.8 Å². The van der Waals surface area contributed by atoms with Crippen LogP contribution in [0.4, 0.5) is 0 Å². The normalized spacial score (nSPS) is 13.0. The van der Waals surface area contributed by atoms with Crippen LogP contribution >= 0.6 is 11.6 Å². The van der Waals surface area contributed by atoms with Crippen LogP contribution in [0.15, 0.2) is 4.79 Å². The molecule has 1 aromatic rings. The molecule has 66 valence electrons. The molecule has 0 aliphatic carbocycles. The molecule has 0 bridgehead atoms. The Kier molecular flexibility index (Phi) is 2.52. The van der Waals surface area contributed by atoms with E-state index in [0.717, 1.165) is 5.69 Å². The average Bonchev–Trinajstić information content (AvgIpc) is 1.99. The van der Waals surface area contributed by atoms with Crippen LogP contribution in [0.2, 0.25) is 0 Å². The average molecular weight is 187 g/mol. The Balaban J connectivity index is 3.31. The second-order valence-corrected chi connectivity index (χ2v) is 3.43. The molecule has 0 fully saturated rings. The van der Waals surface area contributed by atoms with Crippen LogP contribution in [0.1, 0.15) is 29.4 Å². The second kappa shape index (κ2) is 3.27. The monoisotopic (exact) mass is 186 g/mol. The number of aromatic amines is 1. The van der Waals surface area contributed by atoms with E-state index in [1.807, 2.05) is 0 Å². The first-order valence-electron chi connectivity index (χ1n) is 3.74. The van der Waals surface area contributed by atoms with Crippen LogP contribution in [-0.4, -0.2) is 9.97 Å². The molecule has 0 radical (unpaired) electrons. The van der Waals surface area contributed by atoms with Gasteiger partial charge in [-0.25, -0.2) is 4.98 Å². The minimum absolute atomic E-state index is 0.106. The first kappa shape index (κ1) is 9.26. The lowest BCUT2D eigenvalue weighted by atomic mass is 10.2. The van der Waals surface area contributed by atoms with Crippen LogP contribution in [0.5, 0.6) is 0 Å². The largest absolute Gasteiger partial charge is 0.309 e. The van der Waals surface area contributed by atoms with Gasteiger partial charge in [0.05, 0.1) is 5.38 Å². The Hall–Kier alpha value is -0.830. The van der Waals surface area contributed by atoms with E-state index in [0.29, 0.717) is 11.4 Å². The van der Waals surface area contributed by atoms with Gasteiger partial charge in [-0.15, -0.1) is 11.6 Å². The summed E-state index contributed by atoms with van der Waals surface area (Å²) in [4.78, 5) is 18.0. The maximum atomic E-state index is 11.2. The van der Waals surface area contributed by atoms with Gasteiger partial charge in [0.2, 0.25) is 0 Å². The summed E-state index contributed by atoms with van der Waals surface area (Å²) in [6, 6.07) is 0. The number of aryl methyl sites for hydroxylation is 1. The maximum absolute atomic E-state index is 11.2. The lowest BCUT2D eigenvalue weighted by molar-refractivity contribution is 0.862. The summed E-state index contributed by atoms with van der Waals surface area (Å²) in [5, 5.41) is -0.253. The third kappa shape index (κ3) is 1.67. The number of nitrogens with zero attached hydrogens (tertiary/aromatic N) is 1. The fourth-order valence-electron chi connectivity index (χ4n) is 0.855. The zero-order chi connectivity index (χ0) is 9.30. The molecule has 0 spiro atoms. The van der Waals surface area contributed by atoms with Gasteiger partial charge in [0, 0.05) is 11.3 Å². The number of aromatic nitrogens is 2. The smallest absolute Gasteiger partial charge is 0.254 e. The summed E-state index contributed by atoms with van der Waals surface area (Å²) in [7, 11) is 0. The van der Waals surface area contributed by atoms with Crippen molar-refractivity contribution in [3.05, 3.63) is 27.4 Å². The Morgan fingerprint density at radius 2 is 2.08 bits per heavy atom. The van der Waals surface area contributed by atoms with Crippen molar-refractivity contribution in [1.82, 2.24) is 9.97 Å². The molecule has 0 aliphatic rings. The molecule has 1 N–H and O–H groups in total. The molecule has 0 amide bonds. The molecule has 1 aromatic heterocycles. The van der Waals surface area contributed by atoms with E-state index >= 15 is 0 Å². The van der Waals surface area contributed by atoms with Crippen LogP contribution < -0.4 is 5.56 Å². The number of alkyl halides is 1. The fourth-order valence-corrected chi connectivity index (χ4v) is 0.959. The molecule has 1 heterocycles. The Morgan fingerprint density at radius 1 is 1.50 bits per heavy atom. The van der Waals surface area contributed by atoms with Crippen molar-refractivity contribution >= 4 is 11.6 Å². The first-order valence-corrected chi connectivity index (χ1v) is 4.17. The second-order valence-electron chi connectivity index (χ2n) is 2.78. The number of nitrogens with one attached hydrogen (secondary N) is 1. The van der Waals surface area contributed by atoms with E-state index < -0.39 is 0 Å². The topological polar surface area (TPSA) is 45.8 Å². The van der Waals surface area contributed by atoms with Gasteiger partial charge in [-0.3, -0.25) is 4.79 Å². The predicted molar refractivity (Wildman–Crippen MR) is 48.6 cm³/mol. The van der Waals surface area contributed by atoms with Crippen molar-refractivity contribution in [3.63, 3.8) is 0 Å². The molecular formula is C8H11ClN2O. The van der Waals surface area contributed by atoms with Crippen molar-refractivity contribution in [2.45, 2.75) is 26.1 Å². The summed E-state index contributed by atoms with van der Waals surface area (Å²) >= 11 is 5.77. The van der Waals surface area contributed by atoms with Crippen LogP contribution in [0, 0.1) is 13.8 Å². The van der Waals surface area contributed by atoms with Gasteiger partial charge in [-0.2, -0.15) is 0 Å². The SMILES string of the molecule is Cc1nc(C(C)Cl)[nH]c(=O)c1C. The Labute approximate surface area is 75.8 Å². The number of halogens is 1. The van der Waals surface area contributed by atoms with Crippen molar-refractivity contribution in [2.24, 2.45) is 0 Å². The molecule has 0 saturated carbocycles. The lowest BCUT2D eigenvalue weighted by Crippen LogP contribution is -2.16. The van der Waals surface area contributed by atoms with E-state index in [1.165, 1.54) is 0 Å². The molecule has 1 rings (SSSR count). The van der Waals surface area contributed by atoms with Crippen molar-refractivity contribution in [1.29, 1.82) is 0 Å². The number of hydrogen-bond donors (Lipinski definition) is 1. The molecule has 3 nitrogen and oxygen atoms in total. The molecule has 0 aliphatic heterocycles.